The molecule has 10 aromatic rings. The molecule has 0 aliphatic heterocycles. The van der Waals surface area contributed by atoms with Crippen LogP contribution in [0, 0.1) is 0 Å². The van der Waals surface area contributed by atoms with Gasteiger partial charge in [0.1, 0.15) is 0 Å². The van der Waals surface area contributed by atoms with Crippen LogP contribution in [0.2, 0.25) is 0 Å². The maximum atomic E-state index is 4.45. The zero-order chi connectivity index (χ0) is 51.1. The summed E-state index contributed by atoms with van der Waals surface area (Å²) >= 11 is 0. The van der Waals surface area contributed by atoms with Gasteiger partial charge in [0.05, 0.1) is 47.5 Å². The summed E-state index contributed by atoms with van der Waals surface area (Å²) in [5.74, 6) is 0. The van der Waals surface area contributed by atoms with Gasteiger partial charge in [-0.2, -0.15) is 0 Å². The van der Waals surface area contributed by atoms with Gasteiger partial charge in [-0.05, 0) is 162 Å². The van der Waals surface area contributed by atoms with E-state index in [9.17, 15) is 0 Å². The van der Waals surface area contributed by atoms with Gasteiger partial charge in [-0.15, -0.1) is 0 Å². The van der Waals surface area contributed by atoms with Gasteiger partial charge in [-0.1, -0.05) is 151 Å². The lowest BCUT2D eigenvalue weighted by Crippen LogP contribution is -2.16. The minimum absolute atomic E-state index is 0.157. The largest absolute Gasteiger partial charge is 0.307 e. The minimum atomic E-state index is -0.195. The van der Waals surface area contributed by atoms with Crippen molar-refractivity contribution >= 4 is 58.4 Å². The van der Waals surface area contributed by atoms with Crippen molar-refractivity contribution in [1.82, 2.24) is 19.9 Å². The smallest absolute Gasteiger partial charge is 0.0645 e. The van der Waals surface area contributed by atoms with Gasteiger partial charge in [0, 0.05) is 52.4 Å². The summed E-state index contributed by atoms with van der Waals surface area (Å²) in [7, 11) is 0. The molecule has 13 rings (SSSR count). The first-order chi connectivity index (χ1) is 36.4. The zero-order valence-corrected chi connectivity index (χ0v) is 43.1. The first-order valence-electron chi connectivity index (χ1n) is 25.9. The van der Waals surface area contributed by atoms with Crippen LogP contribution in [0.15, 0.2) is 207 Å². The Bertz CT molecular complexity index is 3580. The Kier molecular flexibility index (Phi) is 10.8. The molecule has 3 aliphatic carbocycles. The third-order valence-corrected chi connectivity index (χ3v) is 16.2. The molecule has 6 aromatic carbocycles. The third kappa shape index (κ3) is 7.70. The summed E-state index contributed by atoms with van der Waals surface area (Å²) in [5.41, 5.74) is 26.2. The number of fused-ring (bicyclic) bond motifs is 9. The molecule has 0 radical (unpaired) electrons. The highest BCUT2D eigenvalue weighted by Crippen LogP contribution is 2.54. The number of aromatic nitrogens is 4. The summed E-state index contributed by atoms with van der Waals surface area (Å²) in [6, 6.07) is 57.9. The van der Waals surface area contributed by atoms with Crippen molar-refractivity contribution < 1.29 is 0 Å². The second-order valence-electron chi connectivity index (χ2n) is 21.7. The topological polar surface area (TPSA) is 58.0 Å². The first kappa shape index (κ1) is 45.8. The summed E-state index contributed by atoms with van der Waals surface area (Å²) < 4.78 is 0. The molecule has 6 nitrogen and oxygen atoms in total. The van der Waals surface area contributed by atoms with E-state index < -0.39 is 0 Å². The molecule has 6 heteroatoms. The molecule has 0 amide bonds. The lowest BCUT2D eigenvalue weighted by molar-refractivity contribution is 0.660. The van der Waals surface area contributed by atoms with Gasteiger partial charge in [-0.3, -0.25) is 19.9 Å². The number of rotatable bonds is 10. The molecule has 4 heterocycles. The Labute approximate surface area is 440 Å². The maximum Gasteiger partial charge on any atom is 0.0645 e. The van der Waals surface area contributed by atoms with E-state index in [4.69, 9.17) is 0 Å². The fourth-order valence-electron chi connectivity index (χ4n) is 12.2. The molecule has 0 atom stereocenters. The average molecular weight is 969 g/mol. The molecule has 0 spiro atoms. The van der Waals surface area contributed by atoms with E-state index >= 15 is 0 Å². The van der Waals surface area contributed by atoms with Crippen molar-refractivity contribution in [2.24, 2.45) is 0 Å². The Morgan fingerprint density at radius 3 is 0.760 bits per heavy atom. The SMILES string of the molecule is CC1(C)c2cc(C=Cc3ccc4c(c3)C(C)(C)c3cc(N(c5cccnc5)c5cccnc5)ccc3-4)ccc2-c2ccc(C=Cc3ccc4c(c3)C(C)(C)c3cc(N(c5cccnc5)c5cccnc5)ccc3-4)cc21. The Hall–Kier alpha value is -9.00. The highest BCUT2D eigenvalue weighted by molar-refractivity contribution is 5.90. The van der Waals surface area contributed by atoms with Crippen molar-refractivity contribution in [2.45, 2.75) is 57.8 Å². The van der Waals surface area contributed by atoms with Crippen molar-refractivity contribution in [1.29, 1.82) is 0 Å². The quantitative estimate of drug-likeness (QED) is 0.127. The van der Waals surface area contributed by atoms with Crippen molar-refractivity contribution in [3.05, 3.63) is 263 Å². The predicted octanol–water partition coefficient (Wildman–Crippen LogP) is 17.5. The number of anilines is 6. The van der Waals surface area contributed by atoms with Crippen LogP contribution in [-0.4, -0.2) is 19.9 Å². The van der Waals surface area contributed by atoms with E-state index in [2.05, 4.69) is 229 Å². The van der Waals surface area contributed by atoms with E-state index in [1.54, 1.807) is 0 Å². The van der Waals surface area contributed by atoms with Crippen LogP contribution >= 0.6 is 0 Å². The number of pyridine rings is 4. The fraction of sp³-hybridized carbons (Fsp3) is 0.130. The highest BCUT2D eigenvalue weighted by atomic mass is 15.2. The zero-order valence-electron chi connectivity index (χ0n) is 43.1. The summed E-state index contributed by atoms with van der Waals surface area (Å²) in [5, 5.41) is 0. The van der Waals surface area contributed by atoms with Gasteiger partial charge in [-0.25, -0.2) is 0 Å². The summed E-state index contributed by atoms with van der Waals surface area (Å²) in [6.07, 6.45) is 24.0. The molecule has 4 aromatic heterocycles. The standard InChI is InChI=1S/C69H56N6/c1-67(2)61-35-45(15-17-47-21-27-57-59-29-23-49(39-65(59)68(3,4)63(57)37-47)74(51-11-7-31-70-41-51)52-12-8-32-71-42-52)19-25-55(61)56-26-20-46(36-62(56)67)16-18-48-22-28-58-60-30-24-50(40-66(60)69(5,6)64(58)38-48)75(53-13-9-33-72-43-53)54-14-10-34-73-44-54/h7-44H,1-6H3. The maximum absolute atomic E-state index is 4.45. The summed E-state index contributed by atoms with van der Waals surface area (Å²) in [4.78, 5) is 22.2. The van der Waals surface area contributed by atoms with Crippen LogP contribution in [-0.2, 0) is 16.2 Å². The van der Waals surface area contributed by atoms with E-state index in [1.807, 2.05) is 73.8 Å². The monoisotopic (exact) mass is 968 g/mol. The molecule has 0 fully saturated rings. The molecule has 0 N–H and O–H groups in total. The molecule has 75 heavy (non-hydrogen) atoms. The van der Waals surface area contributed by atoms with E-state index in [0.717, 1.165) is 34.1 Å². The van der Waals surface area contributed by atoms with Crippen LogP contribution in [0.1, 0.15) is 97.2 Å². The molecule has 0 saturated heterocycles. The second kappa shape index (κ2) is 17.6. The number of hydrogen-bond donors (Lipinski definition) is 0. The molecule has 0 saturated carbocycles. The predicted molar refractivity (Wildman–Crippen MR) is 310 cm³/mol. The Morgan fingerprint density at radius 1 is 0.280 bits per heavy atom. The molecule has 3 aliphatic rings. The van der Waals surface area contributed by atoms with Crippen LogP contribution < -0.4 is 9.80 Å². The van der Waals surface area contributed by atoms with E-state index in [0.29, 0.717) is 0 Å². The first-order valence-corrected chi connectivity index (χ1v) is 25.9. The normalized spacial score (nSPS) is 14.7. The van der Waals surface area contributed by atoms with Crippen LogP contribution in [0.4, 0.5) is 34.1 Å². The van der Waals surface area contributed by atoms with Crippen molar-refractivity contribution in [3.63, 3.8) is 0 Å². The molecule has 0 bridgehead atoms. The Morgan fingerprint density at radius 2 is 0.520 bits per heavy atom. The molecule has 0 unspecified atom stereocenters. The third-order valence-electron chi connectivity index (χ3n) is 16.2. The van der Waals surface area contributed by atoms with Gasteiger partial charge in [0.2, 0.25) is 0 Å². The van der Waals surface area contributed by atoms with Crippen molar-refractivity contribution in [2.75, 3.05) is 9.80 Å². The second-order valence-corrected chi connectivity index (χ2v) is 21.7. The number of nitrogens with zero attached hydrogens (tertiary/aromatic N) is 6. The van der Waals surface area contributed by atoms with Crippen LogP contribution in [0.5, 0.6) is 0 Å². The Balaban J connectivity index is 0.731. The molecule has 362 valence electrons. The number of benzene rings is 6. The fourth-order valence-corrected chi connectivity index (χ4v) is 12.2. The van der Waals surface area contributed by atoms with Gasteiger partial charge in [0.15, 0.2) is 0 Å². The molecular formula is C69H56N6. The van der Waals surface area contributed by atoms with E-state index in [-0.39, 0.29) is 16.2 Å². The van der Waals surface area contributed by atoms with Gasteiger partial charge in [0.25, 0.3) is 0 Å². The number of hydrogen-bond acceptors (Lipinski definition) is 6. The van der Waals surface area contributed by atoms with E-state index in [1.165, 1.54) is 89.0 Å². The lowest BCUT2D eigenvalue weighted by atomic mass is 9.81. The van der Waals surface area contributed by atoms with Gasteiger partial charge < -0.3 is 9.80 Å². The summed E-state index contributed by atoms with van der Waals surface area (Å²) in [6.45, 7) is 14.1. The van der Waals surface area contributed by atoms with Crippen LogP contribution in [0.25, 0.3) is 57.7 Å². The van der Waals surface area contributed by atoms with Crippen LogP contribution in [0.3, 0.4) is 0 Å². The molecular weight excluding hydrogens is 913 g/mol. The van der Waals surface area contributed by atoms with Gasteiger partial charge >= 0.3 is 0 Å². The lowest BCUT2D eigenvalue weighted by Gasteiger charge is -2.27. The average Bonchev–Trinajstić information content (AvgIpc) is 4.05. The minimum Gasteiger partial charge on any atom is -0.307 e. The highest BCUT2D eigenvalue weighted by Gasteiger charge is 2.39. The van der Waals surface area contributed by atoms with Crippen molar-refractivity contribution in [3.8, 4) is 33.4 Å².